The summed E-state index contributed by atoms with van der Waals surface area (Å²) < 4.78 is 4.41. The number of benzene rings is 1. The number of hydrogen-bond acceptors (Lipinski definition) is 5. The zero-order chi connectivity index (χ0) is 11.4. The van der Waals surface area contributed by atoms with E-state index in [2.05, 4.69) is 4.74 Å². The van der Waals surface area contributed by atoms with Gasteiger partial charge in [-0.2, -0.15) is 0 Å². The first-order chi connectivity index (χ1) is 7.07. The van der Waals surface area contributed by atoms with Gasteiger partial charge in [-0.1, -0.05) is 12.1 Å². The Kier molecular flexibility index (Phi) is 5.41. The molecule has 0 aliphatic heterocycles. The van der Waals surface area contributed by atoms with Crippen LogP contribution in [0.1, 0.15) is 11.6 Å². The number of methoxy groups -OCH3 is 1. The van der Waals surface area contributed by atoms with Crippen LogP contribution in [0.4, 0.5) is 5.69 Å². The fourth-order valence-electron chi connectivity index (χ4n) is 1.17. The molecule has 88 valence electrons. The number of nitrogens with zero attached hydrogens (tertiary/aromatic N) is 1. The SMILES string of the molecule is COC(=O)C(N)c1ccccc1[N+](=O)[O-].Cl. The van der Waals surface area contributed by atoms with Gasteiger partial charge in [0.2, 0.25) is 0 Å². The summed E-state index contributed by atoms with van der Waals surface area (Å²) in [6.07, 6.45) is 0. The lowest BCUT2D eigenvalue weighted by atomic mass is 10.1. The van der Waals surface area contributed by atoms with Crippen LogP contribution in [-0.4, -0.2) is 18.0 Å². The summed E-state index contributed by atoms with van der Waals surface area (Å²) in [6, 6.07) is 4.67. The Morgan fingerprint density at radius 1 is 1.50 bits per heavy atom. The van der Waals surface area contributed by atoms with Crippen molar-refractivity contribution in [2.24, 2.45) is 5.73 Å². The predicted molar refractivity (Wildman–Crippen MR) is 59.3 cm³/mol. The lowest BCUT2D eigenvalue weighted by Crippen LogP contribution is -2.23. The van der Waals surface area contributed by atoms with Gasteiger partial charge in [-0.25, -0.2) is 4.79 Å². The molecule has 0 heterocycles. The highest BCUT2D eigenvalue weighted by molar-refractivity contribution is 5.85. The van der Waals surface area contributed by atoms with E-state index in [1.807, 2.05) is 0 Å². The molecule has 0 radical (unpaired) electrons. The van der Waals surface area contributed by atoms with Gasteiger partial charge >= 0.3 is 5.97 Å². The van der Waals surface area contributed by atoms with E-state index >= 15 is 0 Å². The first kappa shape index (κ1) is 14.3. The van der Waals surface area contributed by atoms with Crippen LogP contribution in [0.15, 0.2) is 24.3 Å². The first-order valence-corrected chi connectivity index (χ1v) is 4.14. The minimum atomic E-state index is -1.13. The van der Waals surface area contributed by atoms with E-state index in [1.165, 1.54) is 25.3 Å². The summed E-state index contributed by atoms with van der Waals surface area (Å²) in [7, 11) is 1.18. The van der Waals surface area contributed by atoms with Crippen molar-refractivity contribution in [2.75, 3.05) is 7.11 Å². The Bertz CT molecular complexity index is 397. The van der Waals surface area contributed by atoms with Crippen LogP contribution in [0.5, 0.6) is 0 Å². The topological polar surface area (TPSA) is 95.5 Å². The maximum absolute atomic E-state index is 11.1. The van der Waals surface area contributed by atoms with E-state index in [0.717, 1.165) is 0 Å². The maximum Gasteiger partial charge on any atom is 0.327 e. The summed E-state index contributed by atoms with van der Waals surface area (Å²) in [5, 5.41) is 10.6. The minimum absolute atomic E-state index is 0. The van der Waals surface area contributed by atoms with E-state index in [0.29, 0.717) is 0 Å². The Hall–Kier alpha value is -1.66. The number of rotatable bonds is 3. The van der Waals surface area contributed by atoms with Gasteiger partial charge in [-0.3, -0.25) is 10.1 Å². The second-order valence-electron chi connectivity index (χ2n) is 2.82. The standard InChI is InChI=1S/C9H10N2O4.ClH/c1-15-9(12)8(10)6-4-2-3-5-7(6)11(13)14;/h2-5,8H,10H2,1H3;1H. The van der Waals surface area contributed by atoms with Gasteiger partial charge < -0.3 is 10.5 Å². The highest BCUT2D eigenvalue weighted by atomic mass is 35.5. The molecular formula is C9H11ClN2O4. The van der Waals surface area contributed by atoms with Crippen molar-refractivity contribution in [3.05, 3.63) is 39.9 Å². The molecule has 16 heavy (non-hydrogen) atoms. The van der Waals surface area contributed by atoms with Gasteiger partial charge in [0.15, 0.2) is 0 Å². The molecule has 0 saturated carbocycles. The molecule has 6 nitrogen and oxygen atoms in total. The third-order valence-corrected chi connectivity index (χ3v) is 1.92. The van der Waals surface area contributed by atoms with Crippen molar-refractivity contribution in [2.45, 2.75) is 6.04 Å². The van der Waals surface area contributed by atoms with Gasteiger partial charge in [-0.05, 0) is 6.07 Å². The van der Waals surface area contributed by atoms with Crippen molar-refractivity contribution in [3.8, 4) is 0 Å². The molecular weight excluding hydrogens is 236 g/mol. The Balaban J connectivity index is 0.00000225. The summed E-state index contributed by atoms with van der Waals surface area (Å²) in [5.41, 5.74) is 5.47. The van der Waals surface area contributed by atoms with Crippen molar-refractivity contribution >= 4 is 24.1 Å². The molecule has 0 aliphatic rings. The van der Waals surface area contributed by atoms with E-state index in [4.69, 9.17) is 5.73 Å². The van der Waals surface area contributed by atoms with Crippen molar-refractivity contribution in [1.82, 2.24) is 0 Å². The number of hydrogen-bond donors (Lipinski definition) is 1. The normalized spacial score (nSPS) is 11.1. The molecule has 0 aliphatic carbocycles. The average Bonchev–Trinajstić information content (AvgIpc) is 2.27. The monoisotopic (exact) mass is 246 g/mol. The number of nitro benzene ring substituents is 1. The molecule has 0 amide bonds. The first-order valence-electron chi connectivity index (χ1n) is 4.14. The second-order valence-corrected chi connectivity index (χ2v) is 2.82. The van der Waals surface area contributed by atoms with Crippen LogP contribution in [-0.2, 0) is 9.53 Å². The number of para-hydroxylation sites is 1. The summed E-state index contributed by atoms with van der Waals surface area (Å²) in [4.78, 5) is 21.2. The van der Waals surface area contributed by atoms with Gasteiger partial charge in [0, 0.05) is 6.07 Å². The van der Waals surface area contributed by atoms with Crippen molar-refractivity contribution < 1.29 is 14.5 Å². The number of ether oxygens (including phenoxy) is 1. The minimum Gasteiger partial charge on any atom is -0.468 e. The molecule has 0 bridgehead atoms. The van der Waals surface area contributed by atoms with Gasteiger partial charge in [0.05, 0.1) is 17.6 Å². The van der Waals surface area contributed by atoms with Crippen LogP contribution in [0, 0.1) is 10.1 Å². The molecule has 2 N–H and O–H groups in total. The summed E-state index contributed by atoms with van der Waals surface area (Å²) >= 11 is 0. The molecule has 1 aromatic rings. The Labute approximate surface area is 97.9 Å². The van der Waals surface area contributed by atoms with Gasteiger partial charge in [0.1, 0.15) is 6.04 Å². The molecule has 1 aromatic carbocycles. The zero-order valence-corrected chi connectivity index (χ0v) is 9.27. The number of carbonyl (C=O) groups excluding carboxylic acids is 1. The lowest BCUT2D eigenvalue weighted by molar-refractivity contribution is -0.385. The van der Waals surface area contributed by atoms with Gasteiger partial charge in [0.25, 0.3) is 5.69 Å². The van der Waals surface area contributed by atoms with Crippen LogP contribution in [0.25, 0.3) is 0 Å². The average molecular weight is 247 g/mol. The van der Waals surface area contributed by atoms with E-state index in [9.17, 15) is 14.9 Å². The second kappa shape index (κ2) is 6.04. The maximum atomic E-state index is 11.1. The van der Waals surface area contributed by atoms with Crippen molar-refractivity contribution in [3.63, 3.8) is 0 Å². The molecule has 1 unspecified atom stereocenters. The summed E-state index contributed by atoms with van der Waals surface area (Å²) in [6.45, 7) is 0. The van der Waals surface area contributed by atoms with Crippen LogP contribution >= 0.6 is 12.4 Å². The number of carbonyl (C=O) groups is 1. The number of nitrogens with two attached hydrogens (primary N) is 1. The smallest absolute Gasteiger partial charge is 0.327 e. The highest BCUT2D eigenvalue weighted by Gasteiger charge is 2.24. The molecule has 1 atom stereocenters. The van der Waals surface area contributed by atoms with Crippen LogP contribution in [0.2, 0.25) is 0 Å². The molecule has 1 rings (SSSR count). The quantitative estimate of drug-likeness (QED) is 0.491. The third kappa shape index (κ3) is 2.91. The molecule has 0 aromatic heterocycles. The zero-order valence-electron chi connectivity index (χ0n) is 8.45. The largest absolute Gasteiger partial charge is 0.468 e. The van der Waals surface area contributed by atoms with E-state index in [-0.39, 0.29) is 23.7 Å². The molecule has 0 spiro atoms. The van der Waals surface area contributed by atoms with Crippen molar-refractivity contribution in [1.29, 1.82) is 0 Å². The van der Waals surface area contributed by atoms with E-state index < -0.39 is 16.9 Å². The lowest BCUT2D eigenvalue weighted by Gasteiger charge is -2.09. The number of nitro groups is 1. The highest BCUT2D eigenvalue weighted by Crippen LogP contribution is 2.23. The fraction of sp³-hybridized carbons (Fsp3) is 0.222. The third-order valence-electron chi connectivity index (χ3n) is 1.92. The number of esters is 1. The predicted octanol–water partition coefficient (Wildman–Crippen LogP) is 1.19. The molecule has 7 heteroatoms. The fourth-order valence-corrected chi connectivity index (χ4v) is 1.17. The van der Waals surface area contributed by atoms with Gasteiger partial charge in [-0.15, -0.1) is 12.4 Å². The Morgan fingerprint density at radius 2 is 2.06 bits per heavy atom. The Morgan fingerprint density at radius 3 is 2.56 bits per heavy atom. The molecule has 0 saturated heterocycles. The van der Waals surface area contributed by atoms with Crippen LogP contribution in [0.3, 0.4) is 0 Å². The summed E-state index contributed by atoms with van der Waals surface area (Å²) in [5.74, 6) is -0.704. The van der Waals surface area contributed by atoms with Crippen LogP contribution < -0.4 is 5.73 Å². The number of halogens is 1. The van der Waals surface area contributed by atoms with E-state index in [1.54, 1.807) is 6.07 Å². The molecule has 0 fully saturated rings.